The maximum absolute atomic E-state index is 12.2. The van der Waals surface area contributed by atoms with Crippen molar-refractivity contribution < 1.29 is 4.79 Å². The second-order valence-electron chi connectivity index (χ2n) is 4.50. The summed E-state index contributed by atoms with van der Waals surface area (Å²) < 4.78 is 0. The molecule has 0 fully saturated rings. The van der Waals surface area contributed by atoms with Crippen molar-refractivity contribution in [2.45, 2.75) is 12.5 Å². The maximum Gasteiger partial charge on any atom is 0.270 e. The van der Waals surface area contributed by atoms with Gasteiger partial charge in [0.15, 0.2) is 0 Å². The molecule has 1 heterocycles. The van der Waals surface area contributed by atoms with Crippen molar-refractivity contribution in [3.8, 4) is 0 Å². The largest absolute Gasteiger partial charge is 0.340 e. The van der Waals surface area contributed by atoms with E-state index in [9.17, 15) is 4.79 Å². The summed E-state index contributed by atoms with van der Waals surface area (Å²) in [6, 6.07) is 14.9. The topological polar surface area (TPSA) is 42.0 Å². The number of alkyl halides is 1. The van der Waals surface area contributed by atoms with E-state index in [2.05, 4.69) is 10.3 Å². The van der Waals surface area contributed by atoms with E-state index in [0.717, 1.165) is 5.56 Å². The molecule has 0 saturated carbocycles. The normalized spacial score (nSPS) is 13.6. The van der Waals surface area contributed by atoms with Crippen molar-refractivity contribution in [3.63, 3.8) is 0 Å². The Morgan fingerprint density at radius 2 is 1.89 bits per heavy atom. The summed E-state index contributed by atoms with van der Waals surface area (Å²) in [6.45, 7) is 1.90. The highest BCUT2D eigenvalue weighted by Crippen LogP contribution is 2.22. The van der Waals surface area contributed by atoms with Crippen LogP contribution in [0.5, 0.6) is 0 Å². The van der Waals surface area contributed by atoms with Crippen molar-refractivity contribution in [3.05, 3.63) is 66.0 Å². The molecule has 2 aromatic rings. The number of benzene rings is 1. The van der Waals surface area contributed by atoms with Gasteiger partial charge in [0.05, 0.1) is 5.54 Å². The predicted molar refractivity (Wildman–Crippen MR) is 76.2 cm³/mol. The maximum atomic E-state index is 12.2. The summed E-state index contributed by atoms with van der Waals surface area (Å²) in [7, 11) is 0. The lowest BCUT2D eigenvalue weighted by atomic mass is 9.94. The number of hydrogen-bond donors (Lipinski definition) is 1. The van der Waals surface area contributed by atoms with Gasteiger partial charge in [-0.15, -0.1) is 11.6 Å². The molecule has 4 heteroatoms. The number of halogens is 1. The molecule has 1 aromatic heterocycles. The van der Waals surface area contributed by atoms with Gasteiger partial charge < -0.3 is 5.32 Å². The van der Waals surface area contributed by atoms with Gasteiger partial charge in [-0.05, 0) is 24.6 Å². The minimum Gasteiger partial charge on any atom is -0.340 e. The fourth-order valence-electron chi connectivity index (χ4n) is 1.80. The fraction of sp³-hybridized carbons (Fsp3) is 0.200. The number of rotatable bonds is 4. The Kier molecular flexibility index (Phi) is 4.17. The van der Waals surface area contributed by atoms with E-state index in [4.69, 9.17) is 11.6 Å². The van der Waals surface area contributed by atoms with E-state index in [1.54, 1.807) is 24.4 Å². The number of aromatic nitrogens is 1. The molecule has 0 saturated heterocycles. The first kappa shape index (κ1) is 13.6. The summed E-state index contributed by atoms with van der Waals surface area (Å²) in [5.74, 6) is 0.0582. The first-order valence-corrected chi connectivity index (χ1v) is 6.54. The molecule has 19 heavy (non-hydrogen) atoms. The van der Waals surface area contributed by atoms with E-state index in [0.29, 0.717) is 5.69 Å². The third kappa shape index (κ3) is 3.12. The zero-order chi connectivity index (χ0) is 13.7. The number of nitrogens with zero attached hydrogens (tertiary/aromatic N) is 1. The van der Waals surface area contributed by atoms with Gasteiger partial charge in [0, 0.05) is 12.1 Å². The van der Waals surface area contributed by atoms with E-state index in [1.165, 1.54) is 0 Å². The molecule has 1 aromatic carbocycles. The third-order valence-corrected chi connectivity index (χ3v) is 3.50. The first-order chi connectivity index (χ1) is 9.15. The van der Waals surface area contributed by atoms with Crippen LogP contribution in [0.15, 0.2) is 54.7 Å². The lowest BCUT2D eigenvalue weighted by molar-refractivity contribution is 0.0908. The van der Waals surface area contributed by atoms with E-state index in [-0.39, 0.29) is 11.8 Å². The quantitative estimate of drug-likeness (QED) is 0.871. The van der Waals surface area contributed by atoms with Gasteiger partial charge >= 0.3 is 0 Å². The Bertz CT molecular complexity index is 545. The zero-order valence-electron chi connectivity index (χ0n) is 10.6. The SMILES string of the molecule is CC(CCl)(NC(=O)c1ccccn1)c1ccccc1. The van der Waals surface area contributed by atoms with Crippen molar-refractivity contribution in [1.82, 2.24) is 10.3 Å². The van der Waals surface area contributed by atoms with Crippen molar-refractivity contribution in [2.75, 3.05) is 5.88 Å². The van der Waals surface area contributed by atoms with Crippen LogP contribution in [0.25, 0.3) is 0 Å². The molecule has 3 nitrogen and oxygen atoms in total. The molecule has 98 valence electrons. The smallest absolute Gasteiger partial charge is 0.270 e. The summed E-state index contributed by atoms with van der Waals surface area (Å²) in [5.41, 5.74) is 0.737. The van der Waals surface area contributed by atoms with Crippen molar-refractivity contribution >= 4 is 17.5 Å². The number of nitrogens with one attached hydrogen (secondary N) is 1. The summed E-state index contributed by atoms with van der Waals surface area (Å²) in [5, 5.41) is 2.94. The Labute approximate surface area is 117 Å². The predicted octanol–water partition coefficient (Wildman–Crippen LogP) is 2.97. The lowest BCUT2D eigenvalue weighted by Crippen LogP contribution is -2.45. The zero-order valence-corrected chi connectivity index (χ0v) is 11.4. The highest BCUT2D eigenvalue weighted by molar-refractivity contribution is 6.18. The fourth-order valence-corrected chi connectivity index (χ4v) is 2.02. The van der Waals surface area contributed by atoms with Gasteiger partial charge in [-0.25, -0.2) is 0 Å². The summed E-state index contributed by atoms with van der Waals surface area (Å²) >= 11 is 6.04. The molecule has 2 rings (SSSR count). The van der Waals surface area contributed by atoms with Gasteiger partial charge in [0.2, 0.25) is 0 Å². The number of carbonyl (C=O) groups excluding carboxylic acids is 1. The average molecular weight is 275 g/mol. The van der Waals surface area contributed by atoms with Crippen LogP contribution in [0.4, 0.5) is 0 Å². The van der Waals surface area contributed by atoms with Gasteiger partial charge in [-0.2, -0.15) is 0 Å². The molecule has 0 aliphatic rings. The molecule has 0 radical (unpaired) electrons. The molecular weight excluding hydrogens is 260 g/mol. The highest BCUT2D eigenvalue weighted by atomic mass is 35.5. The van der Waals surface area contributed by atoms with Crippen LogP contribution < -0.4 is 5.32 Å². The van der Waals surface area contributed by atoms with E-state index < -0.39 is 5.54 Å². The van der Waals surface area contributed by atoms with Crippen LogP contribution in [-0.2, 0) is 5.54 Å². The van der Waals surface area contributed by atoms with Crippen LogP contribution in [0.1, 0.15) is 23.0 Å². The minimum atomic E-state index is -0.614. The van der Waals surface area contributed by atoms with Gasteiger partial charge in [-0.1, -0.05) is 36.4 Å². The van der Waals surface area contributed by atoms with E-state index in [1.807, 2.05) is 37.3 Å². The number of amides is 1. The van der Waals surface area contributed by atoms with Gasteiger partial charge in [-0.3, -0.25) is 9.78 Å². The van der Waals surface area contributed by atoms with Crippen LogP contribution in [0.2, 0.25) is 0 Å². The number of pyridine rings is 1. The lowest BCUT2D eigenvalue weighted by Gasteiger charge is -2.29. The molecule has 1 N–H and O–H groups in total. The molecule has 0 aliphatic heterocycles. The minimum absolute atomic E-state index is 0.229. The highest BCUT2D eigenvalue weighted by Gasteiger charge is 2.28. The van der Waals surface area contributed by atoms with Crippen LogP contribution in [0.3, 0.4) is 0 Å². The molecular formula is C15H15ClN2O. The summed E-state index contributed by atoms with van der Waals surface area (Å²) in [6.07, 6.45) is 1.59. The molecule has 1 unspecified atom stereocenters. The second-order valence-corrected chi connectivity index (χ2v) is 4.77. The molecule has 0 bridgehead atoms. The molecule has 1 atom stereocenters. The summed E-state index contributed by atoms with van der Waals surface area (Å²) in [4.78, 5) is 16.2. The van der Waals surface area contributed by atoms with Crippen LogP contribution in [0, 0.1) is 0 Å². The Balaban J connectivity index is 2.22. The van der Waals surface area contributed by atoms with Crippen molar-refractivity contribution in [2.24, 2.45) is 0 Å². The van der Waals surface area contributed by atoms with Gasteiger partial charge in [0.25, 0.3) is 5.91 Å². The first-order valence-electron chi connectivity index (χ1n) is 6.01. The second kappa shape index (κ2) is 5.85. The van der Waals surface area contributed by atoms with Gasteiger partial charge in [0.1, 0.15) is 5.69 Å². The molecule has 0 spiro atoms. The van der Waals surface area contributed by atoms with Crippen LogP contribution >= 0.6 is 11.6 Å². The third-order valence-electron chi connectivity index (χ3n) is 2.97. The molecule has 0 aliphatic carbocycles. The Hall–Kier alpha value is -1.87. The molecule has 1 amide bonds. The van der Waals surface area contributed by atoms with Crippen molar-refractivity contribution in [1.29, 1.82) is 0 Å². The number of carbonyl (C=O) groups is 1. The standard InChI is InChI=1S/C15H15ClN2O/c1-15(11-16,12-7-3-2-4-8-12)18-14(19)13-9-5-6-10-17-13/h2-10H,11H2,1H3,(H,18,19). The number of hydrogen-bond acceptors (Lipinski definition) is 2. The van der Waals surface area contributed by atoms with Crippen LogP contribution in [-0.4, -0.2) is 16.8 Å². The van der Waals surface area contributed by atoms with E-state index >= 15 is 0 Å². The Morgan fingerprint density at radius 1 is 1.21 bits per heavy atom. The monoisotopic (exact) mass is 274 g/mol. The Morgan fingerprint density at radius 3 is 2.47 bits per heavy atom. The average Bonchev–Trinajstić information content (AvgIpc) is 2.49.